The Kier molecular flexibility index (Phi) is 7.44. The van der Waals surface area contributed by atoms with Gasteiger partial charge in [0.25, 0.3) is 0 Å². The molecule has 3 aliphatic rings. The number of carbonyl (C=O) groups excluding carboxylic acids is 1. The van der Waals surface area contributed by atoms with Gasteiger partial charge in [-0.3, -0.25) is 4.79 Å². The van der Waals surface area contributed by atoms with E-state index < -0.39 is 0 Å². The molecule has 1 amide bonds. The van der Waals surface area contributed by atoms with Crippen molar-refractivity contribution in [2.45, 2.75) is 63.8 Å². The summed E-state index contributed by atoms with van der Waals surface area (Å²) in [7, 11) is 0. The molecule has 5 heteroatoms. The van der Waals surface area contributed by atoms with E-state index in [0.29, 0.717) is 12.5 Å². The summed E-state index contributed by atoms with van der Waals surface area (Å²) in [5.41, 5.74) is 1.02. The third-order valence-corrected chi connectivity index (χ3v) is 6.69. The minimum atomic E-state index is 0.266. The molecule has 4 rings (SSSR count). The van der Waals surface area contributed by atoms with Gasteiger partial charge in [-0.05, 0) is 89.0 Å². The van der Waals surface area contributed by atoms with E-state index in [1.807, 2.05) is 17.0 Å². The number of amides is 1. The van der Waals surface area contributed by atoms with E-state index in [4.69, 9.17) is 4.74 Å². The minimum Gasteiger partial charge on any atom is -0.494 e. The monoisotopic (exact) mass is 399 g/mol. The Morgan fingerprint density at radius 2 is 1.52 bits per heavy atom. The molecule has 29 heavy (non-hydrogen) atoms. The fraction of sp³-hybridized carbons (Fsp3) is 0.708. The molecular formula is C24H37N3O2. The summed E-state index contributed by atoms with van der Waals surface area (Å²) >= 11 is 0. The predicted molar refractivity (Wildman–Crippen MR) is 118 cm³/mol. The average molecular weight is 400 g/mol. The molecule has 0 aliphatic carbocycles. The van der Waals surface area contributed by atoms with E-state index in [1.165, 1.54) is 64.7 Å². The second-order valence-corrected chi connectivity index (χ2v) is 8.92. The van der Waals surface area contributed by atoms with E-state index in [0.717, 1.165) is 44.0 Å². The zero-order valence-corrected chi connectivity index (χ0v) is 17.9. The van der Waals surface area contributed by atoms with Crippen molar-refractivity contribution in [1.82, 2.24) is 9.80 Å². The number of piperidine rings is 2. The highest BCUT2D eigenvalue weighted by molar-refractivity contribution is 5.96. The fourth-order valence-electron chi connectivity index (χ4n) is 5.08. The Labute approximate surface area is 176 Å². The number of carbonyl (C=O) groups is 1. The van der Waals surface area contributed by atoms with Gasteiger partial charge in [0.15, 0.2) is 0 Å². The number of anilines is 1. The van der Waals surface area contributed by atoms with E-state index in [9.17, 15) is 4.79 Å². The topological polar surface area (TPSA) is 36.0 Å². The normalized spacial score (nSPS) is 24.2. The molecule has 160 valence electrons. The second kappa shape index (κ2) is 10.4. The van der Waals surface area contributed by atoms with Gasteiger partial charge in [-0.2, -0.15) is 0 Å². The van der Waals surface area contributed by atoms with Crippen LogP contribution in [0.4, 0.5) is 5.69 Å². The van der Waals surface area contributed by atoms with Crippen molar-refractivity contribution in [2.75, 3.05) is 50.8 Å². The first-order valence-corrected chi connectivity index (χ1v) is 11.8. The number of hydrogen-bond acceptors (Lipinski definition) is 4. The standard InChI is InChI=1S/C24H37N3O2/c28-24-13-10-22(20-26-16-5-2-6-17-26)27(24)21-8-11-23(12-9-21)29-19-7-18-25-14-3-1-4-15-25/h8-9,11-12,22H,1-7,10,13-20H2/t22-/m0/s1. The van der Waals surface area contributed by atoms with Gasteiger partial charge in [0, 0.05) is 25.2 Å². The first-order valence-electron chi connectivity index (χ1n) is 11.8. The van der Waals surface area contributed by atoms with Crippen molar-refractivity contribution >= 4 is 11.6 Å². The van der Waals surface area contributed by atoms with Crippen LogP contribution in [0.3, 0.4) is 0 Å². The van der Waals surface area contributed by atoms with Crippen molar-refractivity contribution < 1.29 is 9.53 Å². The van der Waals surface area contributed by atoms with Gasteiger partial charge in [-0.15, -0.1) is 0 Å². The molecule has 1 aromatic rings. The molecule has 3 fully saturated rings. The van der Waals surface area contributed by atoms with Crippen molar-refractivity contribution in [2.24, 2.45) is 0 Å². The van der Waals surface area contributed by atoms with Crippen LogP contribution >= 0.6 is 0 Å². The lowest BCUT2D eigenvalue weighted by Gasteiger charge is -2.33. The molecule has 3 aliphatic heterocycles. The lowest BCUT2D eigenvalue weighted by Crippen LogP contribution is -2.43. The van der Waals surface area contributed by atoms with Crippen LogP contribution in [0, 0.1) is 0 Å². The Morgan fingerprint density at radius 3 is 2.21 bits per heavy atom. The van der Waals surface area contributed by atoms with E-state index in [1.54, 1.807) is 0 Å². The molecule has 0 spiro atoms. The van der Waals surface area contributed by atoms with Gasteiger partial charge in [0.1, 0.15) is 5.75 Å². The van der Waals surface area contributed by atoms with Gasteiger partial charge in [0.2, 0.25) is 5.91 Å². The van der Waals surface area contributed by atoms with Gasteiger partial charge in [0.05, 0.1) is 12.6 Å². The highest BCUT2D eigenvalue weighted by atomic mass is 16.5. The summed E-state index contributed by atoms with van der Waals surface area (Å²) in [5.74, 6) is 1.17. The zero-order chi connectivity index (χ0) is 19.9. The van der Waals surface area contributed by atoms with Gasteiger partial charge < -0.3 is 19.4 Å². The summed E-state index contributed by atoms with van der Waals surface area (Å²) in [4.78, 5) is 19.7. The van der Waals surface area contributed by atoms with Crippen LogP contribution in [0.2, 0.25) is 0 Å². The number of rotatable bonds is 8. The van der Waals surface area contributed by atoms with Crippen LogP contribution in [0.5, 0.6) is 5.75 Å². The molecule has 0 N–H and O–H groups in total. The highest BCUT2D eigenvalue weighted by Gasteiger charge is 2.33. The summed E-state index contributed by atoms with van der Waals surface area (Å²) in [6.45, 7) is 7.77. The smallest absolute Gasteiger partial charge is 0.227 e. The summed E-state index contributed by atoms with van der Waals surface area (Å²) in [6.07, 6.45) is 10.7. The number of ether oxygens (including phenoxy) is 1. The van der Waals surface area contributed by atoms with Gasteiger partial charge in [-0.25, -0.2) is 0 Å². The predicted octanol–water partition coefficient (Wildman–Crippen LogP) is 3.92. The quantitative estimate of drug-likeness (QED) is 0.621. The number of hydrogen-bond donors (Lipinski definition) is 0. The molecule has 0 saturated carbocycles. The molecule has 0 radical (unpaired) electrons. The fourth-order valence-corrected chi connectivity index (χ4v) is 5.08. The largest absolute Gasteiger partial charge is 0.494 e. The third-order valence-electron chi connectivity index (χ3n) is 6.69. The minimum absolute atomic E-state index is 0.266. The number of likely N-dealkylation sites (tertiary alicyclic amines) is 2. The van der Waals surface area contributed by atoms with Gasteiger partial charge >= 0.3 is 0 Å². The summed E-state index contributed by atoms with van der Waals surface area (Å²) in [6, 6.07) is 8.50. The maximum atomic E-state index is 12.5. The lowest BCUT2D eigenvalue weighted by molar-refractivity contribution is -0.117. The molecule has 3 heterocycles. The zero-order valence-electron chi connectivity index (χ0n) is 17.9. The molecule has 0 unspecified atom stereocenters. The lowest BCUT2D eigenvalue weighted by atomic mass is 10.1. The van der Waals surface area contributed by atoms with Crippen LogP contribution in [0.1, 0.15) is 57.8 Å². The first kappa shape index (κ1) is 20.7. The van der Waals surface area contributed by atoms with E-state index in [2.05, 4.69) is 21.9 Å². The second-order valence-electron chi connectivity index (χ2n) is 8.92. The molecular weight excluding hydrogens is 362 g/mol. The Balaban J connectivity index is 1.26. The average Bonchev–Trinajstić information content (AvgIpc) is 3.13. The number of benzene rings is 1. The maximum absolute atomic E-state index is 12.5. The van der Waals surface area contributed by atoms with Crippen molar-refractivity contribution in [3.63, 3.8) is 0 Å². The van der Waals surface area contributed by atoms with E-state index in [-0.39, 0.29) is 5.91 Å². The van der Waals surface area contributed by atoms with Crippen LogP contribution < -0.4 is 9.64 Å². The van der Waals surface area contributed by atoms with Crippen LogP contribution in [-0.4, -0.2) is 67.6 Å². The first-order chi connectivity index (χ1) is 14.3. The molecule has 1 aromatic carbocycles. The van der Waals surface area contributed by atoms with Crippen LogP contribution in [0.25, 0.3) is 0 Å². The Morgan fingerprint density at radius 1 is 0.862 bits per heavy atom. The van der Waals surface area contributed by atoms with E-state index >= 15 is 0 Å². The third kappa shape index (κ3) is 5.73. The van der Waals surface area contributed by atoms with Crippen molar-refractivity contribution in [3.8, 4) is 5.75 Å². The SMILES string of the molecule is O=C1CC[C@@H](CN2CCCCC2)N1c1ccc(OCCCN2CCCCC2)cc1. The van der Waals surface area contributed by atoms with Crippen LogP contribution in [0.15, 0.2) is 24.3 Å². The maximum Gasteiger partial charge on any atom is 0.227 e. The molecule has 1 atom stereocenters. The molecule has 5 nitrogen and oxygen atoms in total. The Bertz CT molecular complexity index is 636. The number of nitrogens with zero attached hydrogens (tertiary/aromatic N) is 3. The molecule has 0 bridgehead atoms. The highest BCUT2D eigenvalue weighted by Crippen LogP contribution is 2.29. The van der Waals surface area contributed by atoms with Crippen LogP contribution in [-0.2, 0) is 4.79 Å². The van der Waals surface area contributed by atoms with Gasteiger partial charge in [-0.1, -0.05) is 12.8 Å². The van der Waals surface area contributed by atoms with Crippen molar-refractivity contribution in [1.29, 1.82) is 0 Å². The summed E-state index contributed by atoms with van der Waals surface area (Å²) < 4.78 is 5.95. The van der Waals surface area contributed by atoms with Crippen molar-refractivity contribution in [3.05, 3.63) is 24.3 Å². The summed E-state index contributed by atoms with van der Waals surface area (Å²) in [5, 5.41) is 0. The molecule has 3 saturated heterocycles. The Hall–Kier alpha value is -1.59. The molecule has 0 aromatic heterocycles.